The average Bonchev–Trinajstić information content (AvgIpc) is 3.34. The van der Waals surface area contributed by atoms with E-state index in [0.29, 0.717) is 6.04 Å². The van der Waals surface area contributed by atoms with Gasteiger partial charge in [0.05, 0.1) is 17.2 Å². The van der Waals surface area contributed by atoms with Crippen LogP contribution in [-0.4, -0.2) is 71.9 Å². The molecule has 1 N–H and O–H groups in total. The highest BCUT2D eigenvalue weighted by molar-refractivity contribution is 7.09. The van der Waals surface area contributed by atoms with E-state index in [4.69, 9.17) is 0 Å². The maximum absolute atomic E-state index is 13.7. The third-order valence-corrected chi connectivity index (χ3v) is 8.17. The average molecular weight is 463 g/mol. The first-order chi connectivity index (χ1) is 16.2. The van der Waals surface area contributed by atoms with Crippen LogP contribution in [0.15, 0.2) is 48.0 Å². The molecule has 0 bridgehead atoms. The molecule has 1 aliphatic heterocycles. The first-order valence-corrected chi connectivity index (χ1v) is 13.2. The number of fused-ring (bicyclic) bond motifs is 2. The van der Waals surface area contributed by atoms with Crippen molar-refractivity contribution in [2.45, 2.75) is 44.7 Å². The van der Waals surface area contributed by atoms with Crippen LogP contribution in [0.25, 0.3) is 10.8 Å². The highest BCUT2D eigenvalue weighted by Crippen LogP contribution is 2.27. The molecule has 2 unspecified atom stereocenters. The fourth-order valence-electron chi connectivity index (χ4n) is 5.51. The molecule has 1 fully saturated rings. The third kappa shape index (κ3) is 4.90. The Hall–Kier alpha value is -2.12. The second-order valence-electron chi connectivity index (χ2n) is 9.30. The van der Waals surface area contributed by atoms with Crippen molar-refractivity contribution in [1.82, 2.24) is 20.1 Å². The predicted molar refractivity (Wildman–Crippen MR) is 136 cm³/mol. The summed E-state index contributed by atoms with van der Waals surface area (Å²) in [6.45, 7) is 7.94. The number of aromatic nitrogens is 1. The first kappa shape index (κ1) is 22.7. The largest absolute Gasteiger partial charge is 0.313 e. The number of nitrogens with zero attached hydrogens (tertiary/aromatic N) is 3. The molecule has 0 radical (unpaired) electrons. The van der Waals surface area contributed by atoms with Crippen molar-refractivity contribution in [3.05, 3.63) is 64.1 Å². The van der Waals surface area contributed by atoms with Crippen LogP contribution in [0.2, 0.25) is 0 Å². The molecule has 1 aliphatic carbocycles. The zero-order valence-electron chi connectivity index (χ0n) is 19.5. The number of carbonyl (C=O) groups is 1. The van der Waals surface area contributed by atoms with Crippen molar-refractivity contribution in [2.75, 3.05) is 39.3 Å². The van der Waals surface area contributed by atoms with E-state index >= 15 is 0 Å². The van der Waals surface area contributed by atoms with Gasteiger partial charge in [0.1, 0.15) is 0 Å². The van der Waals surface area contributed by atoms with Gasteiger partial charge in [0.2, 0.25) is 0 Å². The van der Waals surface area contributed by atoms with Gasteiger partial charge in [-0.05, 0) is 43.0 Å². The Morgan fingerprint density at radius 3 is 3.00 bits per heavy atom. The van der Waals surface area contributed by atoms with Crippen molar-refractivity contribution in [3.8, 4) is 0 Å². The molecule has 2 aromatic carbocycles. The van der Waals surface area contributed by atoms with Gasteiger partial charge in [-0.3, -0.25) is 14.6 Å². The minimum atomic E-state index is -0.104. The molecule has 5 nitrogen and oxygen atoms in total. The number of thiazole rings is 1. The summed E-state index contributed by atoms with van der Waals surface area (Å²) in [7, 11) is 0. The van der Waals surface area contributed by atoms with Crippen LogP contribution in [0.4, 0.5) is 0 Å². The van der Waals surface area contributed by atoms with Gasteiger partial charge >= 0.3 is 0 Å². The van der Waals surface area contributed by atoms with Crippen molar-refractivity contribution < 1.29 is 4.79 Å². The van der Waals surface area contributed by atoms with E-state index in [2.05, 4.69) is 45.2 Å². The summed E-state index contributed by atoms with van der Waals surface area (Å²) in [5.74, 6) is 0.244. The van der Waals surface area contributed by atoms with Gasteiger partial charge in [-0.15, -0.1) is 11.3 Å². The lowest BCUT2D eigenvalue weighted by molar-refractivity contribution is 0.0720. The van der Waals surface area contributed by atoms with Crippen LogP contribution in [0.3, 0.4) is 0 Å². The first-order valence-electron chi connectivity index (χ1n) is 12.4. The minimum Gasteiger partial charge on any atom is -0.313 e. The molecule has 2 atom stereocenters. The maximum Gasteiger partial charge on any atom is 0.181 e. The van der Waals surface area contributed by atoms with Crippen molar-refractivity contribution in [3.63, 3.8) is 0 Å². The quantitative estimate of drug-likeness (QED) is 0.513. The summed E-state index contributed by atoms with van der Waals surface area (Å²) in [5, 5.41) is 5.66. The monoisotopic (exact) mass is 462 g/mol. The van der Waals surface area contributed by atoms with Gasteiger partial charge in [0.15, 0.2) is 5.78 Å². The molecule has 5 rings (SSSR count). The van der Waals surface area contributed by atoms with Gasteiger partial charge in [-0.2, -0.15) is 0 Å². The van der Waals surface area contributed by atoms with Gasteiger partial charge in [0, 0.05) is 49.2 Å². The van der Waals surface area contributed by atoms with E-state index in [0.717, 1.165) is 74.9 Å². The lowest BCUT2D eigenvalue weighted by atomic mass is 9.95. The fraction of sp³-hybridized carbons (Fsp3) is 0.481. The number of aryl methyl sites for hydroxylation is 1. The standard InChI is InChI=1S/C27H34N4OS/c1-2-13-30(21-10-11-24-26(17-21)33-19-29-24)15-16-31-14-12-28-18-25(31)27(32)23-9-5-7-20-6-3-4-8-22(20)23/h3-9,19,21,25,28H,2,10-18H2,1H3. The van der Waals surface area contributed by atoms with Crippen molar-refractivity contribution in [2.24, 2.45) is 0 Å². The smallest absolute Gasteiger partial charge is 0.181 e. The molecule has 1 aromatic heterocycles. The van der Waals surface area contributed by atoms with Crippen LogP contribution in [0, 0.1) is 0 Å². The van der Waals surface area contributed by atoms with Gasteiger partial charge in [-0.25, -0.2) is 4.98 Å². The SMILES string of the molecule is CCCN(CCN1CCNCC1C(=O)c1cccc2ccccc12)C1CCc2ncsc2C1. The number of carbonyl (C=O) groups excluding carboxylic acids is 1. The molecule has 0 amide bonds. The molecule has 2 heterocycles. The Balaban J connectivity index is 1.29. The Labute approximate surface area is 200 Å². The van der Waals surface area contributed by atoms with Crippen LogP contribution < -0.4 is 5.32 Å². The Morgan fingerprint density at radius 1 is 1.21 bits per heavy atom. The minimum absolute atomic E-state index is 0.104. The van der Waals surface area contributed by atoms with Gasteiger partial charge < -0.3 is 5.32 Å². The Bertz CT molecular complexity index is 1090. The van der Waals surface area contributed by atoms with E-state index in [-0.39, 0.29) is 11.8 Å². The molecule has 6 heteroatoms. The lowest BCUT2D eigenvalue weighted by Crippen LogP contribution is -2.57. The molecule has 1 saturated heterocycles. The highest BCUT2D eigenvalue weighted by Gasteiger charge is 2.31. The normalized spacial score (nSPS) is 21.4. The molecular weight excluding hydrogens is 428 g/mol. The van der Waals surface area contributed by atoms with Crippen LogP contribution in [-0.2, 0) is 12.8 Å². The lowest BCUT2D eigenvalue weighted by Gasteiger charge is -2.39. The summed E-state index contributed by atoms with van der Waals surface area (Å²) >= 11 is 1.81. The number of benzene rings is 2. The molecule has 174 valence electrons. The predicted octanol–water partition coefficient (Wildman–Crippen LogP) is 4.02. The Kier molecular flexibility index (Phi) is 7.16. The van der Waals surface area contributed by atoms with E-state index in [1.165, 1.54) is 17.0 Å². The molecular formula is C27H34N4OS. The maximum atomic E-state index is 13.7. The Morgan fingerprint density at radius 2 is 2.09 bits per heavy atom. The second kappa shape index (κ2) is 10.4. The number of Topliss-reactive ketones (excluding diaryl/α,β-unsaturated/α-hetero) is 1. The summed E-state index contributed by atoms with van der Waals surface area (Å²) in [6, 6.07) is 14.8. The number of nitrogens with one attached hydrogen (secondary N) is 1. The number of hydrogen-bond donors (Lipinski definition) is 1. The van der Waals surface area contributed by atoms with E-state index in [9.17, 15) is 4.79 Å². The topological polar surface area (TPSA) is 48.5 Å². The van der Waals surface area contributed by atoms with E-state index in [1.54, 1.807) is 0 Å². The number of ketones is 1. The number of hydrogen-bond acceptors (Lipinski definition) is 6. The zero-order valence-corrected chi connectivity index (χ0v) is 20.3. The summed E-state index contributed by atoms with van der Waals surface area (Å²) in [5.41, 5.74) is 4.17. The molecule has 0 saturated carbocycles. The van der Waals surface area contributed by atoms with Crippen LogP contribution in [0.5, 0.6) is 0 Å². The summed E-state index contributed by atoms with van der Waals surface area (Å²) in [6.07, 6.45) is 4.57. The molecule has 2 aliphatic rings. The molecule has 3 aromatic rings. The number of piperazine rings is 1. The molecule has 33 heavy (non-hydrogen) atoms. The van der Waals surface area contributed by atoms with Gasteiger partial charge in [-0.1, -0.05) is 49.4 Å². The summed E-state index contributed by atoms with van der Waals surface area (Å²) < 4.78 is 0. The van der Waals surface area contributed by atoms with E-state index < -0.39 is 0 Å². The second-order valence-corrected chi connectivity index (χ2v) is 10.2. The fourth-order valence-corrected chi connectivity index (χ4v) is 6.39. The van der Waals surface area contributed by atoms with Gasteiger partial charge in [0.25, 0.3) is 0 Å². The zero-order chi connectivity index (χ0) is 22.6. The van der Waals surface area contributed by atoms with Crippen LogP contribution in [0.1, 0.15) is 40.7 Å². The molecule has 0 spiro atoms. The van der Waals surface area contributed by atoms with Crippen molar-refractivity contribution in [1.29, 1.82) is 0 Å². The van der Waals surface area contributed by atoms with Crippen LogP contribution >= 0.6 is 11.3 Å². The number of rotatable bonds is 8. The summed E-state index contributed by atoms with van der Waals surface area (Å²) in [4.78, 5) is 24.8. The van der Waals surface area contributed by atoms with Crippen molar-refractivity contribution >= 4 is 27.9 Å². The highest BCUT2D eigenvalue weighted by atomic mass is 32.1. The third-order valence-electron chi connectivity index (χ3n) is 7.27. The van der Waals surface area contributed by atoms with E-state index in [1.807, 2.05) is 41.1 Å².